The van der Waals surface area contributed by atoms with E-state index in [4.69, 9.17) is 10.5 Å². The van der Waals surface area contributed by atoms with Crippen LogP contribution in [0.1, 0.15) is 29.7 Å². The average Bonchev–Trinajstić information content (AvgIpc) is 2.38. The summed E-state index contributed by atoms with van der Waals surface area (Å²) < 4.78 is 32.3. The van der Waals surface area contributed by atoms with Crippen LogP contribution in [0, 0.1) is 11.6 Å². The van der Waals surface area contributed by atoms with Crippen LogP contribution in [0.25, 0.3) is 0 Å². The van der Waals surface area contributed by atoms with Gasteiger partial charge in [0, 0.05) is 24.1 Å². The molecule has 20 heavy (non-hydrogen) atoms. The van der Waals surface area contributed by atoms with Gasteiger partial charge in [-0.1, -0.05) is 0 Å². The van der Waals surface area contributed by atoms with Gasteiger partial charge in [0.05, 0.1) is 0 Å². The van der Waals surface area contributed by atoms with Crippen molar-refractivity contribution in [3.8, 4) is 11.5 Å². The average molecular weight is 277 g/mol. The Labute approximate surface area is 114 Å². The number of benzene rings is 2. The normalized spacial score (nSPS) is 21.1. The second kappa shape index (κ2) is 4.76. The fourth-order valence-corrected chi connectivity index (χ4v) is 2.46. The summed E-state index contributed by atoms with van der Waals surface area (Å²) in [5, 5.41) is 9.45. The van der Waals surface area contributed by atoms with E-state index in [0.29, 0.717) is 23.3 Å². The molecule has 5 heteroatoms. The standard InChI is InChI=1S/C15H13F2NO2/c16-9-1-2-14-12(6-9)13(18)7-15(20-14)8-3-10(17)5-11(19)4-8/h1-6,13,15,19H,7,18H2. The van der Waals surface area contributed by atoms with Crippen molar-refractivity contribution < 1.29 is 18.6 Å². The minimum atomic E-state index is -0.540. The Bertz CT molecular complexity index is 640. The van der Waals surface area contributed by atoms with Gasteiger partial charge in [-0.3, -0.25) is 0 Å². The largest absolute Gasteiger partial charge is 0.508 e. The predicted molar refractivity (Wildman–Crippen MR) is 69.4 cm³/mol. The van der Waals surface area contributed by atoms with Crippen LogP contribution in [0.5, 0.6) is 11.5 Å². The van der Waals surface area contributed by atoms with Crippen LogP contribution in [0.2, 0.25) is 0 Å². The van der Waals surface area contributed by atoms with E-state index < -0.39 is 18.0 Å². The highest BCUT2D eigenvalue weighted by Gasteiger charge is 2.28. The number of hydrogen-bond donors (Lipinski definition) is 2. The van der Waals surface area contributed by atoms with Gasteiger partial charge in [-0.2, -0.15) is 0 Å². The molecule has 0 fully saturated rings. The Hall–Kier alpha value is -2.14. The Kier molecular flexibility index (Phi) is 3.06. The molecule has 0 aliphatic carbocycles. The fraction of sp³-hybridized carbons (Fsp3) is 0.200. The van der Waals surface area contributed by atoms with Crippen molar-refractivity contribution >= 4 is 0 Å². The molecule has 0 spiro atoms. The zero-order valence-electron chi connectivity index (χ0n) is 10.5. The van der Waals surface area contributed by atoms with Crippen LogP contribution >= 0.6 is 0 Å². The first kappa shape index (κ1) is 12.9. The van der Waals surface area contributed by atoms with E-state index in [9.17, 15) is 13.9 Å². The number of ether oxygens (including phenoxy) is 1. The van der Waals surface area contributed by atoms with Crippen LogP contribution in [0.4, 0.5) is 8.78 Å². The molecule has 2 aromatic rings. The van der Waals surface area contributed by atoms with Gasteiger partial charge in [0.15, 0.2) is 0 Å². The van der Waals surface area contributed by atoms with Gasteiger partial charge in [-0.15, -0.1) is 0 Å². The number of phenolic OH excluding ortho intramolecular Hbond substituents is 1. The van der Waals surface area contributed by atoms with Crippen LogP contribution in [0.3, 0.4) is 0 Å². The SMILES string of the molecule is NC1CC(c2cc(O)cc(F)c2)Oc2ccc(F)cc21. The minimum Gasteiger partial charge on any atom is -0.508 e. The Morgan fingerprint density at radius 1 is 1.10 bits per heavy atom. The quantitative estimate of drug-likeness (QED) is 0.841. The Balaban J connectivity index is 1.96. The van der Waals surface area contributed by atoms with Gasteiger partial charge in [0.25, 0.3) is 0 Å². The molecule has 0 saturated carbocycles. The summed E-state index contributed by atoms with van der Waals surface area (Å²) in [6, 6.07) is 7.51. The van der Waals surface area contributed by atoms with Crippen LogP contribution < -0.4 is 10.5 Å². The number of rotatable bonds is 1. The van der Waals surface area contributed by atoms with E-state index in [1.54, 1.807) is 0 Å². The number of hydrogen-bond acceptors (Lipinski definition) is 3. The van der Waals surface area contributed by atoms with Crippen molar-refractivity contribution in [3.63, 3.8) is 0 Å². The molecule has 2 atom stereocenters. The van der Waals surface area contributed by atoms with Crippen molar-refractivity contribution in [2.24, 2.45) is 5.73 Å². The van der Waals surface area contributed by atoms with Crippen LogP contribution in [0.15, 0.2) is 36.4 Å². The van der Waals surface area contributed by atoms with Crippen molar-refractivity contribution in [3.05, 3.63) is 59.2 Å². The van der Waals surface area contributed by atoms with E-state index in [1.807, 2.05) is 0 Å². The summed E-state index contributed by atoms with van der Waals surface area (Å²) in [6.45, 7) is 0. The molecule has 3 nitrogen and oxygen atoms in total. The number of aromatic hydroxyl groups is 1. The summed E-state index contributed by atoms with van der Waals surface area (Å²) in [5.41, 5.74) is 7.12. The van der Waals surface area contributed by atoms with E-state index >= 15 is 0 Å². The van der Waals surface area contributed by atoms with Gasteiger partial charge in [0.1, 0.15) is 29.2 Å². The third-order valence-corrected chi connectivity index (χ3v) is 3.39. The Morgan fingerprint density at radius 3 is 2.65 bits per heavy atom. The molecule has 1 heterocycles. The predicted octanol–water partition coefficient (Wildman–Crippen LogP) is 3.19. The monoisotopic (exact) mass is 277 g/mol. The van der Waals surface area contributed by atoms with Gasteiger partial charge < -0.3 is 15.6 Å². The smallest absolute Gasteiger partial charge is 0.127 e. The first-order chi connectivity index (χ1) is 9.52. The zero-order chi connectivity index (χ0) is 14.3. The molecule has 0 bridgehead atoms. The highest BCUT2D eigenvalue weighted by atomic mass is 19.1. The molecule has 104 valence electrons. The number of fused-ring (bicyclic) bond motifs is 1. The minimum absolute atomic E-state index is 0.165. The highest BCUT2D eigenvalue weighted by molar-refractivity contribution is 5.40. The van der Waals surface area contributed by atoms with E-state index in [0.717, 1.165) is 6.07 Å². The maximum absolute atomic E-state index is 13.3. The number of nitrogens with two attached hydrogens (primary N) is 1. The van der Waals surface area contributed by atoms with Crippen molar-refractivity contribution in [2.45, 2.75) is 18.6 Å². The molecular formula is C15H13F2NO2. The van der Waals surface area contributed by atoms with Gasteiger partial charge in [0.2, 0.25) is 0 Å². The van der Waals surface area contributed by atoms with Crippen molar-refractivity contribution in [1.82, 2.24) is 0 Å². The molecule has 0 amide bonds. The third-order valence-electron chi connectivity index (χ3n) is 3.39. The lowest BCUT2D eigenvalue weighted by atomic mass is 9.93. The van der Waals surface area contributed by atoms with E-state index in [1.165, 1.54) is 30.3 Å². The molecule has 3 rings (SSSR count). The number of phenols is 1. The summed E-state index contributed by atoms with van der Waals surface area (Å²) in [7, 11) is 0. The molecule has 0 radical (unpaired) electrons. The van der Waals surface area contributed by atoms with Crippen molar-refractivity contribution in [1.29, 1.82) is 0 Å². The van der Waals surface area contributed by atoms with Crippen molar-refractivity contribution in [2.75, 3.05) is 0 Å². The molecule has 3 N–H and O–H groups in total. The Morgan fingerprint density at radius 2 is 1.90 bits per heavy atom. The van der Waals surface area contributed by atoms with E-state index in [2.05, 4.69) is 0 Å². The van der Waals surface area contributed by atoms with Crippen LogP contribution in [-0.2, 0) is 0 Å². The lowest BCUT2D eigenvalue weighted by Gasteiger charge is -2.30. The molecule has 0 aromatic heterocycles. The molecular weight excluding hydrogens is 264 g/mol. The molecule has 2 aromatic carbocycles. The summed E-state index contributed by atoms with van der Waals surface area (Å²) in [5.74, 6) is -0.590. The lowest BCUT2D eigenvalue weighted by Crippen LogP contribution is -2.24. The van der Waals surface area contributed by atoms with Gasteiger partial charge >= 0.3 is 0 Å². The number of halogens is 2. The lowest BCUT2D eigenvalue weighted by molar-refractivity contribution is 0.160. The van der Waals surface area contributed by atoms with Crippen LogP contribution in [-0.4, -0.2) is 5.11 Å². The fourth-order valence-electron chi connectivity index (χ4n) is 2.46. The van der Waals surface area contributed by atoms with E-state index in [-0.39, 0.29) is 11.6 Å². The zero-order valence-corrected chi connectivity index (χ0v) is 10.5. The highest BCUT2D eigenvalue weighted by Crippen LogP contribution is 2.40. The molecule has 0 saturated heterocycles. The second-order valence-corrected chi connectivity index (χ2v) is 4.87. The summed E-state index contributed by atoms with van der Waals surface area (Å²) >= 11 is 0. The van der Waals surface area contributed by atoms with Gasteiger partial charge in [-0.05, 0) is 35.9 Å². The summed E-state index contributed by atoms with van der Waals surface area (Å²) in [6.07, 6.45) is -0.0798. The maximum atomic E-state index is 13.3. The first-order valence-corrected chi connectivity index (χ1v) is 6.24. The third kappa shape index (κ3) is 2.32. The van der Waals surface area contributed by atoms with Gasteiger partial charge in [-0.25, -0.2) is 8.78 Å². The molecule has 1 aliphatic heterocycles. The molecule has 1 aliphatic rings. The summed E-state index contributed by atoms with van der Waals surface area (Å²) in [4.78, 5) is 0. The topological polar surface area (TPSA) is 55.5 Å². The molecule has 2 unspecified atom stereocenters. The second-order valence-electron chi connectivity index (χ2n) is 4.87. The first-order valence-electron chi connectivity index (χ1n) is 6.24. The maximum Gasteiger partial charge on any atom is 0.127 e.